The molecule has 1 heterocycles. The van der Waals surface area contributed by atoms with Gasteiger partial charge in [-0.15, -0.1) is 0 Å². The Morgan fingerprint density at radius 2 is 1.71 bits per heavy atom. The summed E-state index contributed by atoms with van der Waals surface area (Å²) < 4.78 is 0.939. The molecule has 0 saturated heterocycles. The third kappa shape index (κ3) is 3.35. The topological polar surface area (TPSA) is 41.1 Å². The van der Waals surface area contributed by atoms with Crippen molar-refractivity contribution in [1.29, 1.82) is 0 Å². The first-order chi connectivity index (χ1) is 9.93. The van der Waals surface area contributed by atoms with E-state index in [2.05, 4.69) is 69.2 Å². The fraction of sp³-hybridized carbons (Fsp3) is 0.375. The molecule has 1 N–H and O–H groups in total. The Hall–Kier alpha value is -1.62. The van der Waals surface area contributed by atoms with Gasteiger partial charge in [0.1, 0.15) is 5.82 Å². The van der Waals surface area contributed by atoms with Crippen LogP contribution >= 0.6 is 15.9 Å². The quantitative estimate of drug-likeness (QED) is 0.901. The summed E-state index contributed by atoms with van der Waals surface area (Å²) in [7, 11) is 5.93. The minimum atomic E-state index is 0.328. The van der Waals surface area contributed by atoms with Crippen molar-refractivity contribution in [3.63, 3.8) is 0 Å². The molecule has 21 heavy (non-hydrogen) atoms. The van der Waals surface area contributed by atoms with E-state index < -0.39 is 0 Å². The summed E-state index contributed by atoms with van der Waals surface area (Å²) in [6.07, 6.45) is 0. The van der Waals surface area contributed by atoms with Crippen LogP contribution < -0.4 is 10.2 Å². The highest BCUT2D eigenvalue weighted by atomic mass is 79.9. The van der Waals surface area contributed by atoms with Gasteiger partial charge in [0.15, 0.2) is 5.82 Å². The van der Waals surface area contributed by atoms with E-state index in [9.17, 15) is 0 Å². The first kappa shape index (κ1) is 15.8. The van der Waals surface area contributed by atoms with E-state index in [-0.39, 0.29) is 0 Å². The molecule has 0 radical (unpaired) electrons. The molecule has 5 heteroatoms. The zero-order valence-electron chi connectivity index (χ0n) is 13.1. The second kappa shape index (κ2) is 6.43. The van der Waals surface area contributed by atoms with Crippen LogP contribution in [0.4, 0.5) is 11.5 Å². The van der Waals surface area contributed by atoms with Gasteiger partial charge in [0.05, 0.1) is 10.2 Å². The maximum atomic E-state index is 4.71. The zero-order chi connectivity index (χ0) is 15.6. The lowest BCUT2D eigenvalue weighted by Gasteiger charge is -2.15. The van der Waals surface area contributed by atoms with Crippen molar-refractivity contribution in [2.24, 2.45) is 0 Å². The van der Waals surface area contributed by atoms with Crippen molar-refractivity contribution in [2.75, 3.05) is 31.4 Å². The Morgan fingerprint density at radius 1 is 1.10 bits per heavy atom. The molecule has 0 amide bonds. The molecule has 1 aromatic heterocycles. The summed E-state index contributed by atoms with van der Waals surface area (Å²) >= 11 is 3.59. The molecule has 0 aliphatic rings. The van der Waals surface area contributed by atoms with Gasteiger partial charge in [-0.05, 0) is 46.1 Å². The predicted octanol–water partition coefficient (Wildman–Crippen LogP) is 4.14. The first-order valence-electron chi connectivity index (χ1n) is 6.97. The van der Waals surface area contributed by atoms with Crippen molar-refractivity contribution in [3.8, 4) is 11.4 Å². The van der Waals surface area contributed by atoms with E-state index in [1.54, 1.807) is 0 Å². The molecule has 4 nitrogen and oxygen atoms in total. The van der Waals surface area contributed by atoms with E-state index in [0.29, 0.717) is 5.92 Å². The largest absolute Gasteiger partial charge is 0.378 e. The summed E-state index contributed by atoms with van der Waals surface area (Å²) in [4.78, 5) is 11.4. The third-order valence-electron chi connectivity index (χ3n) is 3.30. The number of nitrogens with zero attached hydrogens (tertiary/aromatic N) is 3. The summed E-state index contributed by atoms with van der Waals surface area (Å²) in [5.41, 5.74) is 3.20. The molecule has 0 fully saturated rings. The van der Waals surface area contributed by atoms with Crippen LogP contribution in [0.1, 0.15) is 25.5 Å². The van der Waals surface area contributed by atoms with Gasteiger partial charge in [0.25, 0.3) is 0 Å². The molecule has 0 unspecified atom stereocenters. The number of anilines is 2. The number of halogens is 1. The molecule has 0 aliphatic heterocycles. The number of hydrogen-bond acceptors (Lipinski definition) is 4. The van der Waals surface area contributed by atoms with E-state index in [4.69, 9.17) is 4.98 Å². The lowest BCUT2D eigenvalue weighted by atomic mass is 10.1. The fourth-order valence-corrected chi connectivity index (χ4v) is 2.88. The van der Waals surface area contributed by atoms with Gasteiger partial charge in [-0.25, -0.2) is 9.97 Å². The fourth-order valence-electron chi connectivity index (χ4n) is 2.05. The van der Waals surface area contributed by atoms with Gasteiger partial charge in [-0.2, -0.15) is 0 Å². The standard InChI is InChI=1S/C16H21BrN4/c1-10(2)14-13(17)16(18-3)20-15(19-14)11-6-8-12(9-7-11)21(4)5/h6-10H,1-5H3,(H,18,19,20). The Labute approximate surface area is 134 Å². The van der Waals surface area contributed by atoms with Crippen LogP contribution in [0.15, 0.2) is 28.7 Å². The van der Waals surface area contributed by atoms with E-state index in [1.165, 1.54) is 0 Å². The van der Waals surface area contributed by atoms with Gasteiger partial charge in [-0.3, -0.25) is 0 Å². The first-order valence-corrected chi connectivity index (χ1v) is 7.76. The number of hydrogen-bond donors (Lipinski definition) is 1. The predicted molar refractivity (Wildman–Crippen MR) is 93.1 cm³/mol. The molecule has 0 bridgehead atoms. The van der Waals surface area contributed by atoms with E-state index >= 15 is 0 Å². The highest BCUT2D eigenvalue weighted by Gasteiger charge is 2.15. The monoisotopic (exact) mass is 348 g/mol. The molecule has 0 atom stereocenters. The van der Waals surface area contributed by atoms with Crippen molar-refractivity contribution in [2.45, 2.75) is 19.8 Å². The molecule has 2 aromatic rings. The average Bonchev–Trinajstić information content (AvgIpc) is 2.47. The Balaban J connectivity index is 2.50. The van der Waals surface area contributed by atoms with Crippen molar-refractivity contribution in [1.82, 2.24) is 9.97 Å². The summed E-state index contributed by atoms with van der Waals surface area (Å²) in [5.74, 6) is 1.89. The van der Waals surface area contributed by atoms with Crippen LogP contribution in [0.25, 0.3) is 11.4 Å². The van der Waals surface area contributed by atoms with Gasteiger partial charge in [0.2, 0.25) is 0 Å². The van der Waals surface area contributed by atoms with Crippen molar-refractivity contribution < 1.29 is 0 Å². The Bertz CT molecular complexity index is 621. The van der Waals surface area contributed by atoms with Gasteiger partial charge in [0, 0.05) is 32.4 Å². The van der Waals surface area contributed by atoms with Crippen molar-refractivity contribution >= 4 is 27.4 Å². The maximum absolute atomic E-state index is 4.71. The number of nitrogens with one attached hydrogen (secondary N) is 1. The van der Waals surface area contributed by atoms with Crippen LogP contribution in [-0.4, -0.2) is 31.1 Å². The van der Waals surface area contributed by atoms with Gasteiger partial charge in [-0.1, -0.05) is 13.8 Å². The van der Waals surface area contributed by atoms with Crippen LogP contribution in [0.2, 0.25) is 0 Å². The number of rotatable bonds is 4. The summed E-state index contributed by atoms with van der Waals surface area (Å²) in [6, 6.07) is 8.27. The molecule has 0 aliphatic carbocycles. The normalized spacial score (nSPS) is 10.8. The van der Waals surface area contributed by atoms with Crippen LogP contribution in [-0.2, 0) is 0 Å². The van der Waals surface area contributed by atoms with Gasteiger partial charge < -0.3 is 10.2 Å². The lowest BCUT2D eigenvalue weighted by molar-refractivity contribution is 0.810. The highest BCUT2D eigenvalue weighted by Crippen LogP contribution is 2.31. The maximum Gasteiger partial charge on any atom is 0.161 e. The zero-order valence-corrected chi connectivity index (χ0v) is 14.7. The second-order valence-corrected chi connectivity index (χ2v) is 6.23. The van der Waals surface area contributed by atoms with Crippen LogP contribution in [0, 0.1) is 0 Å². The lowest BCUT2D eigenvalue weighted by Crippen LogP contribution is -2.08. The summed E-state index contributed by atoms with van der Waals surface area (Å²) in [5, 5.41) is 3.12. The molecular formula is C16H21BrN4. The number of aromatic nitrogens is 2. The molecule has 112 valence electrons. The molecule has 1 aromatic carbocycles. The highest BCUT2D eigenvalue weighted by molar-refractivity contribution is 9.10. The Kier molecular flexibility index (Phi) is 4.83. The van der Waals surface area contributed by atoms with Crippen LogP contribution in [0.5, 0.6) is 0 Å². The molecule has 0 spiro atoms. The van der Waals surface area contributed by atoms with Gasteiger partial charge >= 0.3 is 0 Å². The van der Waals surface area contributed by atoms with E-state index in [0.717, 1.165) is 33.1 Å². The molecule has 0 saturated carbocycles. The Morgan fingerprint density at radius 3 is 2.19 bits per heavy atom. The van der Waals surface area contributed by atoms with E-state index in [1.807, 2.05) is 21.1 Å². The minimum Gasteiger partial charge on any atom is -0.378 e. The molecular weight excluding hydrogens is 328 g/mol. The van der Waals surface area contributed by atoms with Crippen molar-refractivity contribution in [3.05, 3.63) is 34.4 Å². The average molecular weight is 349 g/mol. The molecule has 2 rings (SSSR count). The number of benzene rings is 1. The smallest absolute Gasteiger partial charge is 0.161 e. The second-order valence-electron chi connectivity index (χ2n) is 5.44. The SMILES string of the molecule is CNc1nc(-c2ccc(N(C)C)cc2)nc(C(C)C)c1Br. The third-order valence-corrected chi connectivity index (χ3v) is 4.08. The minimum absolute atomic E-state index is 0.328. The summed E-state index contributed by atoms with van der Waals surface area (Å²) in [6.45, 7) is 4.26. The van der Waals surface area contributed by atoms with Crippen LogP contribution in [0.3, 0.4) is 0 Å².